The molecule has 0 aromatic carbocycles. The Morgan fingerprint density at radius 1 is 0.760 bits per heavy atom. The van der Waals surface area contributed by atoms with Crippen LogP contribution >= 0.6 is 0 Å². The van der Waals surface area contributed by atoms with Gasteiger partial charge in [0.15, 0.2) is 0 Å². The van der Waals surface area contributed by atoms with E-state index >= 15 is 0 Å². The molecule has 0 aliphatic heterocycles. The molecule has 0 saturated carbocycles. The van der Waals surface area contributed by atoms with Gasteiger partial charge in [-0.05, 0) is 38.5 Å². The summed E-state index contributed by atoms with van der Waals surface area (Å²) in [6.45, 7) is 8.96. The third-order valence-corrected chi connectivity index (χ3v) is 4.26. The molecule has 0 amide bonds. The molecule has 1 atom stereocenters. The Labute approximate surface area is 155 Å². The van der Waals surface area contributed by atoms with Crippen LogP contribution in [0.25, 0.3) is 0 Å². The molecule has 25 heavy (non-hydrogen) atoms. The smallest absolute Gasteiger partial charge is 0.306 e. The molecule has 148 valence electrons. The summed E-state index contributed by atoms with van der Waals surface area (Å²) in [6, 6.07) is 0. The molecule has 0 rings (SSSR count). The second kappa shape index (κ2) is 16.4. The maximum absolute atomic E-state index is 11.7. The van der Waals surface area contributed by atoms with Gasteiger partial charge in [0.25, 0.3) is 0 Å². The summed E-state index contributed by atoms with van der Waals surface area (Å²) < 4.78 is 10.6. The number of rotatable bonds is 16. The molecular weight excluding hydrogens is 316 g/mol. The molecule has 0 aliphatic rings. The number of hydrogen-bond acceptors (Lipinski definition) is 4. The number of hydrogen-bond donors (Lipinski definition) is 0. The normalized spacial score (nSPS) is 12.2. The second-order valence-corrected chi connectivity index (χ2v) is 7.47. The van der Waals surface area contributed by atoms with Gasteiger partial charge < -0.3 is 9.47 Å². The summed E-state index contributed by atoms with van der Waals surface area (Å²) >= 11 is 0. The van der Waals surface area contributed by atoms with Crippen LogP contribution in [0.1, 0.15) is 105 Å². The number of carbonyl (C=O) groups is 2. The minimum absolute atomic E-state index is 0.0424. The van der Waals surface area contributed by atoms with E-state index in [4.69, 9.17) is 9.47 Å². The van der Waals surface area contributed by atoms with Crippen molar-refractivity contribution in [2.24, 2.45) is 5.92 Å². The zero-order valence-electron chi connectivity index (χ0n) is 17.0. The highest BCUT2D eigenvalue weighted by Gasteiger charge is 2.11. The van der Waals surface area contributed by atoms with Crippen molar-refractivity contribution in [3.63, 3.8) is 0 Å². The van der Waals surface area contributed by atoms with Gasteiger partial charge in [0.05, 0.1) is 12.7 Å². The minimum Gasteiger partial charge on any atom is -0.466 e. The molecule has 4 nitrogen and oxygen atoms in total. The molecule has 0 N–H and O–H groups in total. The predicted molar refractivity (Wildman–Crippen MR) is 102 cm³/mol. The third kappa shape index (κ3) is 17.6. The first-order valence-electron chi connectivity index (χ1n) is 10.3. The van der Waals surface area contributed by atoms with Crippen molar-refractivity contribution in [1.82, 2.24) is 0 Å². The van der Waals surface area contributed by atoms with Crippen LogP contribution in [0.3, 0.4) is 0 Å². The van der Waals surface area contributed by atoms with Gasteiger partial charge in [-0.1, -0.05) is 59.3 Å². The van der Waals surface area contributed by atoms with Gasteiger partial charge in [-0.2, -0.15) is 0 Å². The molecule has 0 radical (unpaired) electrons. The van der Waals surface area contributed by atoms with Gasteiger partial charge >= 0.3 is 11.9 Å². The number of unbranched alkanes of at least 4 members (excludes halogenated alkanes) is 6. The lowest BCUT2D eigenvalue weighted by atomic mass is 10.1. The standard InChI is InChI=1S/C21H40O4/c1-5-6-7-8-9-10-11-17-24-20(22)13-12-14-21(23)25-19(4)16-15-18(2)3/h18-19H,5-17H2,1-4H3. The van der Waals surface area contributed by atoms with Crippen LogP contribution in [-0.2, 0) is 19.1 Å². The van der Waals surface area contributed by atoms with Crippen LogP contribution < -0.4 is 0 Å². The van der Waals surface area contributed by atoms with Gasteiger partial charge in [0.1, 0.15) is 0 Å². The lowest BCUT2D eigenvalue weighted by Gasteiger charge is -2.14. The highest BCUT2D eigenvalue weighted by atomic mass is 16.5. The monoisotopic (exact) mass is 356 g/mol. The lowest BCUT2D eigenvalue weighted by molar-refractivity contribution is -0.149. The molecule has 0 heterocycles. The highest BCUT2D eigenvalue weighted by Crippen LogP contribution is 2.11. The van der Waals surface area contributed by atoms with Gasteiger partial charge in [0.2, 0.25) is 0 Å². The first-order chi connectivity index (χ1) is 12.0. The van der Waals surface area contributed by atoms with Crippen molar-refractivity contribution in [3.05, 3.63) is 0 Å². The number of carbonyl (C=O) groups excluding carboxylic acids is 2. The van der Waals surface area contributed by atoms with Crippen LogP contribution in [0, 0.1) is 5.92 Å². The average molecular weight is 357 g/mol. The van der Waals surface area contributed by atoms with E-state index in [1.807, 2.05) is 6.92 Å². The van der Waals surface area contributed by atoms with Crippen molar-refractivity contribution in [1.29, 1.82) is 0 Å². The SMILES string of the molecule is CCCCCCCCCOC(=O)CCCC(=O)OC(C)CCC(C)C. The molecule has 0 saturated heterocycles. The summed E-state index contributed by atoms with van der Waals surface area (Å²) in [5.41, 5.74) is 0. The molecule has 0 bridgehead atoms. The highest BCUT2D eigenvalue weighted by molar-refractivity contribution is 5.72. The van der Waals surface area contributed by atoms with E-state index in [2.05, 4.69) is 20.8 Å². The Morgan fingerprint density at radius 3 is 2.00 bits per heavy atom. The van der Waals surface area contributed by atoms with Gasteiger partial charge in [-0.25, -0.2) is 0 Å². The van der Waals surface area contributed by atoms with Crippen molar-refractivity contribution in [3.8, 4) is 0 Å². The average Bonchev–Trinajstić information content (AvgIpc) is 2.55. The zero-order chi connectivity index (χ0) is 18.9. The zero-order valence-corrected chi connectivity index (χ0v) is 17.0. The Kier molecular flexibility index (Phi) is 15.7. The lowest BCUT2D eigenvalue weighted by Crippen LogP contribution is -2.16. The summed E-state index contributed by atoms with van der Waals surface area (Å²) in [7, 11) is 0. The van der Waals surface area contributed by atoms with E-state index in [0.717, 1.165) is 25.7 Å². The van der Waals surface area contributed by atoms with Crippen LogP contribution in [0.2, 0.25) is 0 Å². The molecule has 0 fully saturated rings. The summed E-state index contributed by atoms with van der Waals surface area (Å²) in [4.78, 5) is 23.3. The minimum atomic E-state index is -0.212. The van der Waals surface area contributed by atoms with E-state index in [9.17, 15) is 9.59 Å². The Bertz CT molecular complexity index is 339. The number of esters is 2. The van der Waals surface area contributed by atoms with Gasteiger partial charge in [-0.15, -0.1) is 0 Å². The van der Waals surface area contributed by atoms with Crippen LogP contribution in [0.5, 0.6) is 0 Å². The van der Waals surface area contributed by atoms with Crippen molar-refractivity contribution >= 4 is 11.9 Å². The van der Waals surface area contributed by atoms with E-state index in [1.54, 1.807) is 0 Å². The number of ether oxygens (including phenoxy) is 2. The topological polar surface area (TPSA) is 52.6 Å². The van der Waals surface area contributed by atoms with E-state index < -0.39 is 0 Å². The molecular formula is C21H40O4. The molecule has 0 aromatic rings. The first-order valence-corrected chi connectivity index (χ1v) is 10.3. The van der Waals surface area contributed by atoms with Gasteiger partial charge in [0, 0.05) is 12.8 Å². The summed E-state index contributed by atoms with van der Waals surface area (Å²) in [6.07, 6.45) is 11.4. The fourth-order valence-electron chi connectivity index (χ4n) is 2.60. The van der Waals surface area contributed by atoms with Crippen LogP contribution in [0.4, 0.5) is 0 Å². The van der Waals surface area contributed by atoms with Gasteiger partial charge in [-0.3, -0.25) is 9.59 Å². The molecule has 1 unspecified atom stereocenters. The Balaban J connectivity index is 3.49. The molecule has 0 aromatic heterocycles. The van der Waals surface area contributed by atoms with Crippen molar-refractivity contribution in [2.75, 3.05) is 6.61 Å². The second-order valence-electron chi connectivity index (χ2n) is 7.47. The fourth-order valence-corrected chi connectivity index (χ4v) is 2.60. The van der Waals surface area contributed by atoms with E-state index in [0.29, 0.717) is 31.8 Å². The summed E-state index contributed by atoms with van der Waals surface area (Å²) in [5.74, 6) is 0.204. The van der Waals surface area contributed by atoms with Crippen molar-refractivity contribution in [2.45, 2.75) is 111 Å². The molecule has 4 heteroatoms. The first kappa shape index (κ1) is 23.9. The Hall–Kier alpha value is -1.06. The van der Waals surface area contributed by atoms with Crippen molar-refractivity contribution < 1.29 is 19.1 Å². The maximum Gasteiger partial charge on any atom is 0.306 e. The predicted octanol–water partition coefficient (Wildman–Crippen LogP) is 5.82. The molecule has 0 spiro atoms. The third-order valence-electron chi connectivity index (χ3n) is 4.26. The quantitative estimate of drug-likeness (QED) is 0.258. The van der Waals surface area contributed by atoms with Crippen LogP contribution in [0.15, 0.2) is 0 Å². The molecule has 0 aliphatic carbocycles. The summed E-state index contributed by atoms with van der Waals surface area (Å²) in [5, 5.41) is 0. The van der Waals surface area contributed by atoms with E-state index in [-0.39, 0.29) is 18.0 Å². The largest absolute Gasteiger partial charge is 0.466 e. The fraction of sp³-hybridized carbons (Fsp3) is 0.905. The van der Waals surface area contributed by atoms with Crippen LogP contribution in [-0.4, -0.2) is 24.6 Å². The Morgan fingerprint density at radius 2 is 1.36 bits per heavy atom. The maximum atomic E-state index is 11.7. The van der Waals surface area contributed by atoms with E-state index in [1.165, 1.54) is 32.1 Å².